The highest BCUT2D eigenvalue weighted by atomic mass is 16.5. The van der Waals surface area contributed by atoms with Gasteiger partial charge in [0.25, 0.3) is 0 Å². The van der Waals surface area contributed by atoms with E-state index in [1.165, 1.54) is 5.56 Å². The van der Waals surface area contributed by atoms with Crippen molar-refractivity contribution in [3.8, 4) is 0 Å². The number of nitrogens with zero attached hydrogens (tertiary/aromatic N) is 2. The first-order valence-electron chi connectivity index (χ1n) is 12.9. The lowest BCUT2D eigenvalue weighted by Gasteiger charge is -2.43. The average Bonchev–Trinajstić information content (AvgIpc) is 3.28. The highest BCUT2D eigenvalue weighted by Crippen LogP contribution is 2.40. The molecule has 3 saturated heterocycles. The van der Waals surface area contributed by atoms with E-state index in [-0.39, 0.29) is 23.9 Å². The van der Waals surface area contributed by atoms with Crippen molar-refractivity contribution in [2.24, 2.45) is 5.41 Å². The van der Waals surface area contributed by atoms with Crippen LogP contribution in [0.4, 0.5) is 0 Å². The third-order valence-corrected chi connectivity index (χ3v) is 8.12. The van der Waals surface area contributed by atoms with E-state index in [2.05, 4.69) is 46.2 Å². The Morgan fingerprint density at radius 3 is 2.26 bits per heavy atom. The van der Waals surface area contributed by atoms with Crippen LogP contribution < -0.4 is 0 Å². The monoisotopic (exact) mass is 460 g/mol. The van der Waals surface area contributed by atoms with E-state index in [9.17, 15) is 9.59 Å². The molecule has 0 saturated carbocycles. The fraction of sp³-hybridized carbons (Fsp3) is 0.517. The second kappa shape index (κ2) is 10.3. The van der Waals surface area contributed by atoms with E-state index in [0.29, 0.717) is 26.2 Å². The third-order valence-electron chi connectivity index (χ3n) is 8.12. The zero-order valence-corrected chi connectivity index (χ0v) is 20.0. The largest absolute Gasteiger partial charge is 0.381 e. The van der Waals surface area contributed by atoms with Crippen LogP contribution in [-0.4, -0.2) is 53.5 Å². The number of rotatable bonds is 5. The smallest absolute Gasteiger partial charge is 0.229 e. The molecule has 2 aromatic rings. The molecule has 0 spiro atoms. The Bertz CT molecular complexity index is 971. The number of hydrogen-bond acceptors (Lipinski definition) is 3. The highest BCUT2D eigenvalue weighted by Gasteiger charge is 2.49. The maximum Gasteiger partial charge on any atom is 0.229 e. The molecule has 180 valence electrons. The van der Waals surface area contributed by atoms with Crippen LogP contribution in [0.25, 0.3) is 0 Å². The quantitative estimate of drug-likeness (QED) is 0.655. The summed E-state index contributed by atoms with van der Waals surface area (Å²) in [6.07, 6.45) is 6.65. The third kappa shape index (κ3) is 4.76. The maximum atomic E-state index is 14.3. The first-order valence-corrected chi connectivity index (χ1v) is 12.9. The molecule has 0 unspecified atom stereocenters. The minimum absolute atomic E-state index is 0.102. The fourth-order valence-corrected chi connectivity index (χ4v) is 6.26. The molecule has 2 aromatic carbocycles. The van der Waals surface area contributed by atoms with Crippen LogP contribution in [0.3, 0.4) is 0 Å². The number of amides is 2. The lowest BCUT2D eigenvalue weighted by molar-refractivity contribution is -0.151. The normalized spacial score (nSPS) is 24.9. The van der Waals surface area contributed by atoms with Gasteiger partial charge in [-0.1, -0.05) is 67.1 Å². The minimum Gasteiger partial charge on any atom is -0.381 e. The molecular weight excluding hydrogens is 424 g/mol. The van der Waals surface area contributed by atoms with E-state index in [1.807, 2.05) is 24.3 Å². The summed E-state index contributed by atoms with van der Waals surface area (Å²) in [6, 6.07) is 20.9. The van der Waals surface area contributed by atoms with Gasteiger partial charge in [0.15, 0.2) is 0 Å². The lowest BCUT2D eigenvalue weighted by atomic mass is 9.73. The van der Waals surface area contributed by atoms with Crippen molar-refractivity contribution in [3.05, 3.63) is 71.8 Å². The summed E-state index contributed by atoms with van der Waals surface area (Å²) in [6.45, 7) is 2.65. The number of fused-ring (bicyclic) bond motifs is 1. The van der Waals surface area contributed by atoms with E-state index in [4.69, 9.17) is 4.74 Å². The molecule has 5 nitrogen and oxygen atoms in total. The van der Waals surface area contributed by atoms with Crippen molar-refractivity contribution in [2.45, 2.75) is 70.0 Å². The Morgan fingerprint density at radius 1 is 0.882 bits per heavy atom. The summed E-state index contributed by atoms with van der Waals surface area (Å²) >= 11 is 0. The molecule has 5 heteroatoms. The average molecular weight is 461 g/mol. The Labute approximate surface area is 203 Å². The van der Waals surface area contributed by atoms with Gasteiger partial charge in [0.05, 0.1) is 17.5 Å². The van der Waals surface area contributed by atoms with Gasteiger partial charge >= 0.3 is 0 Å². The zero-order valence-electron chi connectivity index (χ0n) is 20.0. The van der Waals surface area contributed by atoms with Crippen molar-refractivity contribution in [1.29, 1.82) is 0 Å². The van der Waals surface area contributed by atoms with Crippen molar-refractivity contribution < 1.29 is 14.3 Å². The Balaban J connectivity index is 1.40. The van der Waals surface area contributed by atoms with Gasteiger partial charge in [0.2, 0.25) is 11.8 Å². The van der Waals surface area contributed by atoms with Crippen LogP contribution in [0.2, 0.25) is 0 Å². The van der Waals surface area contributed by atoms with Crippen molar-refractivity contribution in [2.75, 3.05) is 19.8 Å². The number of ether oxygens (including phenoxy) is 1. The van der Waals surface area contributed by atoms with Gasteiger partial charge in [-0.15, -0.1) is 0 Å². The summed E-state index contributed by atoms with van der Waals surface area (Å²) in [5.41, 5.74) is 1.96. The Kier molecular flexibility index (Phi) is 7.00. The Hall–Kier alpha value is -2.66. The number of benzene rings is 2. The van der Waals surface area contributed by atoms with Crippen LogP contribution >= 0.6 is 0 Å². The molecule has 0 aliphatic carbocycles. The second-order valence-corrected chi connectivity index (χ2v) is 10.2. The molecule has 0 aromatic heterocycles. The maximum absolute atomic E-state index is 14.3. The van der Waals surface area contributed by atoms with Gasteiger partial charge in [-0.3, -0.25) is 9.59 Å². The summed E-state index contributed by atoms with van der Waals surface area (Å²) in [4.78, 5) is 31.7. The summed E-state index contributed by atoms with van der Waals surface area (Å²) in [5.74, 6) is 0.512. The van der Waals surface area contributed by atoms with Gasteiger partial charge in [0, 0.05) is 32.7 Å². The van der Waals surface area contributed by atoms with Gasteiger partial charge < -0.3 is 14.5 Å². The molecule has 5 rings (SSSR count). The molecule has 3 aliphatic rings. The van der Waals surface area contributed by atoms with Crippen LogP contribution in [0.15, 0.2) is 60.7 Å². The predicted molar refractivity (Wildman–Crippen MR) is 132 cm³/mol. The SMILES string of the molecule is O=C1CCCC[C@@H]2[C@H](CCN2C(=O)C2(Cc3ccccc3)CCOCC2)N1Cc1ccccc1. The van der Waals surface area contributed by atoms with Crippen molar-refractivity contribution >= 4 is 11.8 Å². The van der Waals surface area contributed by atoms with Crippen molar-refractivity contribution in [3.63, 3.8) is 0 Å². The molecule has 3 heterocycles. The summed E-state index contributed by atoms with van der Waals surface area (Å²) in [5, 5.41) is 0. The van der Waals surface area contributed by atoms with Gasteiger partial charge in [-0.25, -0.2) is 0 Å². The molecule has 3 aliphatic heterocycles. The molecule has 34 heavy (non-hydrogen) atoms. The van der Waals surface area contributed by atoms with Crippen molar-refractivity contribution in [1.82, 2.24) is 9.80 Å². The lowest BCUT2D eigenvalue weighted by Crippen LogP contribution is -2.54. The Morgan fingerprint density at radius 2 is 1.56 bits per heavy atom. The molecule has 2 amide bonds. The first kappa shape index (κ1) is 23.1. The first-order chi connectivity index (χ1) is 16.7. The van der Waals surface area contributed by atoms with E-state index >= 15 is 0 Å². The van der Waals surface area contributed by atoms with Crippen LogP contribution in [0.1, 0.15) is 56.1 Å². The van der Waals surface area contributed by atoms with Crippen LogP contribution in [0.5, 0.6) is 0 Å². The molecule has 0 N–H and O–H groups in total. The number of carbonyl (C=O) groups is 2. The number of carbonyl (C=O) groups excluding carboxylic acids is 2. The van der Waals surface area contributed by atoms with Gasteiger partial charge in [-0.05, 0) is 49.7 Å². The van der Waals surface area contributed by atoms with E-state index < -0.39 is 5.41 Å². The van der Waals surface area contributed by atoms with Crippen LogP contribution in [-0.2, 0) is 27.3 Å². The summed E-state index contributed by atoms with van der Waals surface area (Å²) in [7, 11) is 0. The second-order valence-electron chi connectivity index (χ2n) is 10.2. The molecule has 0 bridgehead atoms. The van der Waals surface area contributed by atoms with Crippen LogP contribution in [0, 0.1) is 5.41 Å². The number of likely N-dealkylation sites (tertiary alicyclic amines) is 2. The summed E-state index contributed by atoms with van der Waals surface area (Å²) < 4.78 is 5.69. The fourth-order valence-electron chi connectivity index (χ4n) is 6.26. The highest BCUT2D eigenvalue weighted by molar-refractivity contribution is 5.84. The molecule has 2 atom stereocenters. The molecule has 3 fully saturated rings. The van der Waals surface area contributed by atoms with E-state index in [0.717, 1.165) is 57.1 Å². The van der Waals surface area contributed by atoms with Gasteiger partial charge in [0.1, 0.15) is 0 Å². The molecule has 0 radical (unpaired) electrons. The zero-order chi connectivity index (χ0) is 23.4. The minimum atomic E-state index is -0.412. The molecular formula is C29H36N2O3. The topological polar surface area (TPSA) is 49.9 Å². The standard InChI is InChI=1S/C29H36N2O3/c32-27-14-8-7-13-25-26(31(27)22-24-11-5-2-6-12-24)15-18-30(25)28(33)29(16-19-34-20-17-29)21-23-9-3-1-4-10-23/h1-6,9-12,25-26H,7-8,13-22H2/t25-,26+/m1/s1. The predicted octanol–water partition coefficient (Wildman–Crippen LogP) is 4.60. The number of hydrogen-bond donors (Lipinski definition) is 0. The van der Waals surface area contributed by atoms with E-state index in [1.54, 1.807) is 0 Å². The van der Waals surface area contributed by atoms with Gasteiger partial charge in [-0.2, -0.15) is 0 Å².